The third-order valence-corrected chi connectivity index (χ3v) is 2.63. The van der Waals surface area contributed by atoms with Crippen LogP contribution >= 0.6 is 0 Å². The van der Waals surface area contributed by atoms with Gasteiger partial charge in [-0.3, -0.25) is 0 Å². The van der Waals surface area contributed by atoms with E-state index in [1.807, 2.05) is 48.1 Å². The fourth-order valence-electron chi connectivity index (χ4n) is 1.70. The van der Waals surface area contributed by atoms with E-state index in [1.54, 1.807) is 6.20 Å². The molecule has 0 fully saturated rings. The molecule has 3 N–H and O–H groups in total. The number of rotatable bonds is 4. The van der Waals surface area contributed by atoms with Crippen LogP contribution in [0.4, 0.5) is 0 Å². The molecule has 1 unspecified atom stereocenters. The molecule has 1 atom stereocenters. The lowest BCUT2D eigenvalue weighted by Gasteiger charge is -2.20. The Balaban J connectivity index is 2.17. The number of aliphatic hydroxyl groups is 1. The van der Waals surface area contributed by atoms with Crippen molar-refractivity contribution in [3.05, 3.63) is 48.3 Å². The van der Waals surface area contributed by atoms with Gasteiger partial charge in [-0.15, -0.1) is 0 Å². The first kappa shape index (κ1) is 11.8. The molecule has 90 valence electrons. The lowest BCUT2D eigenvalue weighted by Crippen LogP contribution is -2.42. The Labute approximate surface area is 101 Å². The van der Waals surface area contributed by atoms with Gasteiger partial charge in [-0.2, -0.15) is 5.10 Å². The number of hydrogen-bond acceptors (Lipinski definition) is 3. The zero-order chi connectivity index (χ0) is 12.3. The molecule has 2 aromatic rings. The maximum Gasteiger partial charge on any atom is 0.0645 e. The molecule has 0 spiro atoms. The van der Waals surface area contributed by atoms with Gasteiger partial charge < -0.3 is 10.8 Å². The predicted molar refractivity (Wildman–Crippen MR) is 66.9 cm³/mol. The fourth-order valence-corrected chi connectivity index (χ4v) is 1.70. The van der Waals surface area contributed by atoms with Gasteiger partial charge in [-0.25, -0.2) is 4.68 Å². The van der Waals surface area contributed by atoms with Crippen LogP contribution < -0.4 is 5.73 Å². The molecule has 0 aliphatic rings. The van der Waals surface area contributed by atoms with Crippen molar-refractivity contribution in [3.8, 4) is 5.69 Å². The number of hydrogen-bond donors (Lipinski definition) is 2. The van der Waals surface area contributed by atoms with Crippen molar-refractivity contribution < 1.29 is 5.11 Å². The molecule has 17 heavy (non-hydrogen) atoms. The third-order valence-electron chi connectivity index (χ3n) is 2.63. The maximum absolute atomic E-state index is 9.13. The van der Waals surface area contributed by atoms with Crippen LogP contribution in [0.2, 0.25) is 0 Å². The lowest BCUT2D eigenvalue weighted by atomic mass is 9.97. The van der Waals surface area contributed by atoms with Gasteiger partial charge in [-0.05, 0) is 31.0 Å². The molecule has 0 bridgehead atoms. The van der Waals surface area contributed by atoms with Crippen molar-refractivity contribution in [2.75, 3.05) is 6.61 Å². The minimum Gasteiger partial charge on any atom is -0.394 e. The molecule has 0 aliphatic heterocycles. The zero-order valence-corrected chi connectivity index (χ0v) is 9.87. The number of nitrogens with zero attached hydrogens (tertiary/aromatic N) is 2. The largest absolute Gasteiger partial charge is 0.394 e. The summed E-state index contributed by atoms with van der Waals surface area (Å²) in [6.45, 7) is 1.79. The first-order chi connectivity index (χ1) is 8.11. The maximum atomic E-state index is 9.13. The van der Waals surface area contributed by atoms with Gasteiger partial charge in [0.05, 0.1) is 18.5 Å². The Bertz CT molecular complexity index is 476. The highest BCUT2D eigenvalue weighted by Crippen LogP contribution is 2.12. The normalized spacial score (nSPS) is 14.5. The van der Waals surface area contributed by atoms with E-state index >= 15 is 0 Å². The van der Waals surface area contributed by atoms with E-state index in [4.69, 9.17) is 10.8 Å². The summed E-state index contributed by atoms with van der Waals surface area (Å²) in [4.78, 5) is 0. The average molecular weight is 231 g/mol. The minimum absolute atomic E-state index is 0.0382. The Morgan fingerprint density at radius 2 is 2.06 bits per heavy atom. The highest BCUT2D eigenvalue weighted by Gasteiger charge is 2.18. The number of aromatic nitrogens is 2. The third kappa shape index (κ3) is 2.93. The molecule has 1 aromatic heterocycles. The van der Waals surface area contributed by atoms with Crippen molar-refractivity contribution in [2.24, 2.45) is 5.73 Å². The monoisotopic (exact) mass is 231 g/mol. The number of aliphatic hydroxyl groups excluding tert-OH is 1. The quantitative estimate of drug-likeness (QED) is 0.829. The molecule has 4 nitrogen and oxygen atoms in total. The summed E-state index contributed by atoms with van der Waals surface area (Å²) in [6.07, 6.45) is 4.33. The van der Waals surface area contributed by atoms with Crippen LogP contribution in [0.1, 0.15) is 12.5 Å². The van der Waals surface area contributed by atoms with Crippen LogP contribution in [0.5, 0.6) is 0 Å². The Morgan fingerprint density at radius 1 is 1.35 bits per heavy atom. The van der Waals surface area contributed by atoms with Crippen LogP contribution in [0.25, 0.3) is 5.69 Å². The van der Waals surface area contributed by atoms with Crippen molar-refractivity contribution in [1.29, 1.82) is 0 Å². The number of para-hydroxylation sites is 1. The summed E-state index contributed by atoms with van der Waals surface area (Å²) in [6, 6.07) is 9.89. The van der Waals surface area contributed by atoms with Crippen molar-refractivity contribution in [3.63, 3.8) is 0 Å². The van der Waals surface area contributed by atoms with Gasteiger partial charge >= 0.3 is 0 Å². The van der Waals surface area contributed by atoms with Crippen LogP contribution in [-0.4, -0.2) is 27.0 Å². The molecule has 0 radical (unpaired) electrons. The van der Waals surface area contributed by atoms with Gasteiger partial charge in [-0.1, -0.05) is 18.2 Å². The van der Waals surface area contributed by atoms with E-state index < -0.39 is 5.54 Å². The summed E-state index contributed by atoms with van der Waals surface area (Å²) in [5.74, 6) is 0. The second-order valence-corrected chi connectivity index (χ2v) is 4.62. The first-order valence-electron chi connectivity index (χ1n) is 5.59. The molecular weight excluding hydrogens is 214 g/mol. The van der Waals surface area contributed by atoms with Gasteiger partial charge in [0, 0.05) is 11.7 Å². The van der Waals surface area contributed by atoms with E-state index in [9.17, 15) is 0 Å². The molecule has 1 aromatic carbocycles. The molecule has 2 rings (SSSR count). The summed E-state index contributed by atoms with van der Waals surface area (Å²) in [5.41, 5.74) is 7.35. The molecule has 4 heteroatoms. The van der Waals surface area contributed by atoms with E-state index in [0.717, 1.165) is 11.3 Å². The zero-order valence-electron chi connectivity index (χ0n) is 9.87. The Kier molecular flexibility index (Phi) is 3.26. The molecular formula is C13H17N3O. The van der Waals surface area contributed by atoms with Crippen LogP contribution in [0.3, 0.4) is 0 Å². The fraction of sp³-hybridized carbons (Fsp3) is 0.308. The van der Waals surface area contributed by atoms with Crippen molar-refractivity contribution >= 4 is 0 Å². The van der Waals surface area contributed by atoms with Crippen molar-refractivity contribution in [2.45, 2.75) is 18.9 Å². The second-order valence-electron chi connectivity index (χ2n) is 4.62. The van der Waals surface area contributed by atoms with Crippen LogP contribution in [0, 0.1) is 0 Å². The molecule has 1 heterocycles. The standard InChI is InChI=1S/C13H17N3O/c1-13(14,10-17)7-11-8-15-16(9-11)12-5-3-2-4-6-12/h2-6,8-9,17H,7,10,14H2,1H3. The van der Waals surface area contributed by atoms with E-state index in [0.29, 0.717) is 6.42 Å². The summed E-state index contributed by atoms with van der Waals surface area (Å²) in [5, 5.41) is 13.4. The van der Waals surface area contributed by atoms with E-state index in [-0.39, 0.29) is 6.61 Å². The van der Waals surface area contributed by atoms with Crippen LogP contribution in [0.15, 0.2) is 42.7 Å². The lowest BCUT2D eigenvalue weighted by molar-refractivity contribution is 0.208. The summed E-state index contributed by atoms with van der Waals surface area (Å²) >= 11 is 0. The van der Waals surface area contributed by atoms with Gasteiger partial charge in [0.1, 0.15) is 0 Å². The molecule has 0 amide bonds. The minimum atomic E-state index is -0.593. The van der Waals surface area contributed by atoms with Gasteiger partial charge in [0.25, 0.3) is 0 Å². The number of nitrogens with two attached hydrogens (primary N) is 1. The highest BCUT2D eigenvalue weighted by atomic mass is 16.3. The van der Waals surface area contributed by atoms with Crippen molar-refractivity contribution in [1.82, 2.24) is 9.78 Å². The Hall–Kier alpha value is -1.65. The summed E-state index contributed by atoms with van der Waals surface area (Å²) < 4.78 is 1.81. The number of benzene rings is 1. The van der Waals surface area contributed by atoms with Crippen LogP contribution in [-0.2, 0) is 6.42 Å². The Morgan fingerprint density at radius 3 is 2.71 bits per heavy atom. The SMILES string of the molecule is CC(N)(CO)Cc1cnn(-c2ccccc2)c1. The second kappa shape index (κ2) is 4.69. The van der Waals surface area contributed by atoms with E-state index in [2.05, 4.69) is 5.10 Å². The molecule has 0 saturated carbocycles. The highest BCUT2D eigenvalue weighted by molar-refractivity contribution is 5.31. The molecule has 0 aliphatic carbocycles. The summed E-state index contributed by atoms with van der Waals surface area (Å²) in [7, 11) is 0. The smallest absolute Gasteiger partial charge is 0.0645 e. The predicted octanol–water partition coefficient (Wildman–Crippen LogP) is 1.12. The molecule has 0 saturated heterocycles. The average Bonchev–Trinajstić information content (AvgIpc) is 2.78. The van der Waals surface area contributed by atoms with Gasteiger partial charge in [0.15, 0.2) is 0 Å². The first-order valence-corrected chi connectivity index (χ1v) is 5.59. The topological polar surface area (TPSA) is 64.1 Å². The van der Waals surface area contributed by atoms with Gasteiger partial charge in [0.2, 0.25) is 0 Å². The van der Waals surface area contributed by atoms with E-state index in [1.165, 1.54) is 0 Å².